The van der Waals surface area contributed by atoms with Gasteiger partial charge in [0.1, 0.15) is 11.4 Å². The summed E-state index contributed by atoms with van der Waals surface area (Å²) in [6.07, 6.45) is 1.20. The summed E-state index contributed by atoms with van der Waals surface area (Å²) >= 11 is 0. The third kappa shape index (κ3) is 5.72. The fraction of sp³-hybridized carbons (Fsp3) is 0.409. The maximum atomic E-state index is 13.0. The number of benzene rings is 1. The molecule has 0 spiro atoms. The van der Waals surface area contributed by atoms with Crippen LogP contribution in [0.3, 0.4) is 0 Å². The number of pyridine rings is 1. The summed E-state index contributed by atoms with van der Waals surface area (Å²) in [6, 6.07) is 5.49. The van der Waals surface area contributed by atoms with E-state index in [9.17, 15) is 28.4 Å². The van der Waals surface area contributed by atoms with Crippen molar-refractivity contribution in [1.82, 2.24) is 14.8 Å². The lowest BCUT2D eigenvalue weighted by atomic mass is 10.1. The van der Waals surface area contributed by atoms with Crippen LogP contribution >= 0.6 is 7.60 Å². The summed E-state index contributed by atoms with van der Waals surface area (Å²) in [5.74, 6) is -2.60. The van der Waals surface area contributed by atoms with Crippen molar-refractivity contribution in [1.29, 1.82) is 0 Å². The number of nitrogens with one attached hydrogen (secondary N) is 1. The number of aromatic hydroxyl groups is 1. The Morgan fingerprint density at radius 2 is 1.79 bits per heavy atom. The number of rotatable bonds is 10. The van der Waals surface area contributed by atoms with Gasteiger partial charge >= 0.3 is 7.60 Å². The molecular weight excluding hydrogens is 468 g/mol. The van der Waals surface area contributed by atoms with E-state index in [0.29, 0.717) is 5.56 Å². The van der Waals surface area contributed by atoms with Gasteiger partial charge in [0, 0.05) is 32.4 Å². The number of hydrogen-bond donors (Lipinski definition) is 2. The van der Waals surface area contributed by atoms with Gasteiger partial charge in [0.25, 0.3) is 11.8 Å². The molecule has 0 bridgehead atoms. The first-order chi connectivity index (χ1) is 16.2. The summed E-state index contributed by atoms with van der Waals surface area (Å²) < 4.78 is 37.5. The van der Waals surface area contributed by atoms with E-state index in [0.717, 1.165) is 0 Å². The molecule has 3 rings (SSSR count). The van der Waals surface area contributed by atoms with Gasteiger partial charge in [0.05, 0.1) is 19.4 Å². The second kappa shape index (κ2) is 10.9. The predicted molar refractivity (Wildman–Crippen MR) is 122 cm³/mol. The largest absolute Gasteiger partial charge is 0.503 e. The average molecular weight is 495 g/mol. The first-order valence-electron chi connectivity index (χ1n) is 10.9. The van der Waals surface area contributed by atoms with Gasteiger partial charge in [-0.1, -0.05) is 12.1 Å². The van der Waals surface area contributed by atoms with Gasteiger partial charge < -0.3 is 28.9 Å². The fourth-order valence-corrected chi connectivity index (χ4v) is 5.19. The molecule has 10 nitrogen and oxygen atoms in total. The molecule has 2 aromatic rings. The molecule has 1 aromatic carbocycles. The van der Waals surface area contributed by atoms with Crippen molar-refractivity contribution in [2.75, 3.05) is 32.5 Å². The Bertz CT molecular complexity index is 1160. The van der Waals surface area contributed by atoms with Crippen molar-refractivity contribution < 1.29 is 32.7 Å². The zero-order valence-electron chi connectivity index (χ0n) is 19.0. The topological polar surface area (TPSA) is 127 Å². The Morgan fingerprint density at radius 3 is 2.41 bits per heavy atom. The second-order valence-corrected chi connectivity index (χ2v) is 9.72. The molecule has 0 atom stereocenters. The van der Waals surface area contributed by atoms with Gasteiger partial charge in [-0.3, -0.25) is 18.9 Å². The smallest absolute Gasteiger partial charge is 0.332 e. The maximum Gasteiger partial charge on any atom is 0.332 e. The molecule has 0 unspecified atom stereocenters. The first-order valence-corrected chi connectivity index (χ1v) is 12.6. The maximum absolute atomic E-state index is 13.0. The molecule has 184 valence electrons. The summed E-state index contributed by atoms with van der Waals surface area (Å²) in [6.45, 7) is 4.27. The average Bonchev–Trinajstić information content (AvgIpc) is 2.80. The van der Waals surface area contributed by atoms with Crippen molar-refractivity contribution >= 4 is 19.4 Å². The Hall–Kier alpha value is -3.01. The van der Waals surface area contributed by atoms with E-state index in [4.69, 9.17) is 9.05 Å². The van der Waals surface area contributed by atoms with Crippen LogP contribution in [-0.2, 0) is 26.7 Å². The minimum atomic E-state index is -3.37. The highest BCUT2D eigenvalue weighted by molar-refractivity contribution is 7.53. The molecule has 0 fully saturated rings. The lowest BCUT2D eigenvalue weighted by Gasteiger charge is -2.31. The highest BCUT2D eigenvalue weighted by Gasteiger charge is 2.33. The predicted octanol–water partition coefficient (Wildman–Crippen LogP) is 2.34. The molecule has 2 N–H and O–H groups in total. The van der Waals surface area contributed by atoms with Gasteiger partial charge in [0.15, 0.2) is 11.4 Å². The minimum absolute atomic E-state index is 0.0325. The molecule has 0 saturated carbocycles. The van der Waals surface area contributed by atoms with Gasteiger partial charge in [0.2, 0.25) is 5.43 Å². The SMILES string of the molecule is CCOP(=O)(CCN1CCn2cc(C(=O)NCc3ccc(F)cc3)c(=O)c(O)c2C1=O)OCC. The molecule has 12 heteroatoms. The number of nitrogens with zero attached hydrogens (tertiary/aromatic N) is 2. The van der Waals surface area contributed by atoms with Crippen molar-refractivity contribution in [2.45, 2.75) is 26.9 Å². The highest BCUT2D eigenvalue weighted by atomic mass is 31.2. The second-order valence-electron chi connectivity index (χ2n) is 7.53. The van der Waals surface area contributed by atoms with Crippen LogP contribution in [0.25, 0.3) is 0 Å². The molecule has 0 radical (unpaired) electrons. The van der Waals surface area contributed by atoms with Gasteiger partial charge in [-0.2, -0.15) is 0 Å². The quantitative estimate of drug-likeness (QED) is 0.485. The third-order valence-corrected chi connectivity index (χ3v) is 7.31. The zero-order chi connectivity index (χ0) is 24.9. The number of amides is 2. The first kappa shape index (κ1) is 25.6. The summed E-state index contributed by atoms with van der Waals surface area (Å²) in [5, 5.41) is 13.0. The van der Waals surface area contributed by atoms with Crippen molar-refractivity contribution in [3.05, 3.63) is 63.3 Å². The van der Waals surface area contributed by atoms with E-state index < -0.39 is 36.4 Å². The van der Waals surface area contributed by atoms with E-state index >= 15 is 0 Å². The molecule has 1 aliphatic rings. The number of aromatic nitrogens is 1. The van der Waals surface area contributed by atoms with E-state index in [2.05, 4.69) is 5.32 Å². The van der Waals surface area contributed by atoms with E-state index in [1.54, 1.807) is 13.8 Å². The Morgan fingerprint density at radius 1 is 1.15 bits per heavy atom. The van der Waals surface area contributed by atoms with Crippen LogP contribution in [0.2, 0.25) is 0 Å². The fourth-order valence-electron chi connectivity index (χ4n) is 3.59. The van der Waals surface area contributed by atoms with Crippen LogP contribution in [-0.4, -0.2) is 58.9 Å². The van der Waals surface area contributed by atoms with Crippen LogP contribution < -0.4 is 10.7 Å². The number of hydrogen-bond acceptors (Lipinski definition) is 7. The van der Waals surface area contributed by atoms with Crippen LogP contribution in [0, 0.1) is 5.82 Å². The normalized spacial score (nSPS) is 13.6. The molecule has 2 amide bonds. The van der Waals surface area contributed by atoms with Gasteiger partial charge in [-0.25, -0.2) is 4.39 Å². The minimum Gasteiger partial charge on any atom is -0.503 e. The standard InChI is InChI=1S/C22H27FN3O7P/c1-3-32-34(31,33-4-2)12-11-25-9-10-26-14-17(19(27)20(28)18(26)22(25)30)21(29)24-13-15-5-7-16(23)8-6-15/h5-8,14,28H,3-4,9-13H2,1-2H3,(H,24,29). The van der Waals surface area contributed by atoms with Crippen molar-refractivity contribution in [3.63, 3.8) is 0 Å². The van der Waals surface area contributed by atoms with E-state index in [1.165, 1.54) is 39.9 Å². The molecular formula is C22H27FN3O7P. The Labute approximate surface area is 195 Å². The van der Waals surface area contributed by atoms with Crippen molar-refractivity contribution in [3.8, 4) is 5.75 Å². The number of halogens is 1. The Kier molecular flexibility index (Phi) is 8.24. The highest BCUT2D eigenvalue weighted by Crippen LogP contribution is 2.47. The third-order valence-electron chi connectivity index (χ3n) is 5.26. The molecule has 0 saturated heterocycles. The summed E-state index contributed by atoms with van der Waals surface area (Å²) in [5.41, 5.74) is -0.914. The summed E-state index contributed by atoms with van der Waals surface area (Å²) in [4.78, 5) is 39.5. The van der Waals surface area contributed by atoms with Crippen LogP contribution in [0.15, 0.2) is 35.3 Å². The van der Waals surface area contributed by atoms with Crippen LogP contribution in [0.5, 0.6) is 5.75 Å². The van der Waals surface area contributed by atoms with Gasteiger partial charge in [-0.15, -0.1) is 0 Å². The molecule has 2 heterocycles. The van der Waals surface area contributed by atoms with Crippen LogP contribution in [0.1, 0.15) is 40.3 Å². The molecule has 1 aromatic heterocycles. The van der Waals surface area contributed by atoms with Gasteiger partial charge in [-0.05, 0) is 31.5 Å². The molecule has 34 heavy (non-hydrogen) atoms. The van der Waals surface area contributed by atoms with E-state index in [1.807, 2.05) is 0 Å². The zero-order valence-corrected chi connectivity index (χ0v) is 19.8. The lowest BCUT2D eigenvalue weighted by molar-refractivity contribution is 0.0703. The molecule has 0 aliphatic carbocycles. The van der Waals surface area contributed by atoms with Crippen LogP contribution in [0.4, 0.5) is 4.39 Å². The Balaban J connectivity index is 1.75. The number of fused-ring (bicyclic) bond motifs is 1. The lowest BCUT2D eigenvalue weighted by Crippen LogP contribution is -2.44. The monoisotopic (exact) mass is 495 g/mol. The van der Waals surface area contributed by atoms with Crippen molar-refractivity contribution in [2.24, 2.45) is 0 Å². The summed E-state index contributed by atoms with van der Waals surface area (Å²) in [7, 11) is -3.37. The number of carbonyl (C=O) groups is 2. The molecule has 1 aliphatic heterocycles. The van der Waals surface area contributed by atoms with E-state index in [-0.39, 0.29) is 56.8 Å². The number of carbonyl (C=O) groups excluding carboxylic acids is 2.